The molecule has 1 heterocycles. The lowest BCUT2D eigenvalue weighted by molar-refractivity contribution is 0.713. The molecule has 0 fully saturated rings. The smallest absolute Gasteiger partial charge is 0.0516 e. The highest BCUT2D eigenvalue weighted by molar-refractivity contribution is 9.10. The minimum absolute atomic E-state index is 0.659. The highest BCUT2D eigenvalue weighted by Crippen LogP contribution is 2.39. The van der Waals surface area contributed by atoms with Gasteiger partial charge in [0, 0.05) is 27.7 Å². The van der Waals surface area contributed by atoms with Gasteiger partial charge in [0.05, 0.1) is 5.69 Å². The largest absolute Gasteiger partial charge is 0.369 e. The topological polar surface area (TPSA) is 29.3 Å². The van der Waals surface area contributed by atoms with Crippen molar-refractivity contribution in [3.63, 3.8) is 0 Å². The van der Waals surface area contributed by atoms with Crippen molar-refractivity contribution in [2.45, 2.75) is 23.5 Å². The van der Waals surface area contributed by atoms with E-state index in [-0.39, 0.29) is 0 Å². The molecule has 0 aromatic heterocycles. The number of hydrogen-bond donors (Lipinski definition) is 1. The maximum absolute atomic E-state index is 5.59. The first-order chi connectivity index (χ1) is 7.70. The van der Waals surface area contributed by atoms with Gasteiger partial charge in [0.15, 0.2) is 0 Å². The molecule has 1 atom stereocenters. The Morgan fingerprint density at radius 1 is 1.56 bits per heavy atom. The monoisotopic (exact) mass is 300 g/mol. The first kappa shape index (κ1) is 12.3. The molecule has 0 spiro atoms. The van der Waals surface area contributed by atoms with Crippen molar-refractivity contribution in [1.82, 2.24) is 0 Å². The summed E-state index contributed by atoms with van der Waals surface area (Å²) in [6.07, 6.45) is 1.06. The molecule has 0 radical (unpaired) electrons. The van der Waals surface area contributed by atoms with Gasteiger partial charge in [-0.15, -0.1) is 11.8 Å². The van der Waals surface area contributed by atoms with Gasteiger partial charge in [-0.2, -0.15) is 0 Å². The van der Waals surface area contributed by atoms with Gasteiger partial charge >= 0.3 is 0 Å². The van der Waals surface area contributed by atoms with Gasteiger partial charge in [-0.1, -0.05) is 22.9 Å². The second-order valence-electron chi connectivity index (χ2n) is 4.13. The van der Waals surface area contributed by atoms with E-state index in [0.29, 0.717) is 5.25 Å². The lowest BCUT2D eigenvalue weighted by atomic mass is 10.2. The molecule has 16 heavy (non-hydrogen) atoms. The van der Waals surface area contributed by atoms with Gasteiger partial charge in [0.25, 0.3) is 0 Å². The van der Waals surface area contributed by atoms with E-state index in [1.165, 1.54) is 10.6 Å². The number of nitrogens with two attached hydrogens (primary N) is 1. The van der Waals surface area contributed by atoms with Crippen molar-refractivity contribution in [1.29, 1.82) is 0 Å². The quantitative estimate of drug-likeness (QED) is 0.930. The molecule has 0 saturated carbocycles. The van der Waals surface area contributed by atoms with Crippen LogP contribution in [0.15, 0.2) is 27.6 Å². The lowest BCUT2D eigenvalue weighted by Crippen LogP contribution is -2.34. The Morgan fingerprint density at radius 2 is 2.38 bits per heavy atom. The van der Waals surface area contributed by atoms with Crippen LogP contribution >= 0.6 is 27.7 Å². The van der Waals surface area contributed by atoms with E-state index in [2.05, 4.69) is 46.0 Å². The van der Waals surface area contributed by atoms with E-state index in [1.807, 2.05) is 11.8 Å². The SMILES string of the molecule is CC1CN(CCCN)c2cc(Br)ccc2S1. The summed E-state index contributed by atoms with van der Waals surface area (Å²) in [4.78, 5) is 3.84. The number of halogens is 1. The third kappa shape index (κ3) is 2.73. The van der Waals surface area contributed by atoms with E-state index in [9.17, 15) is 0 Å². The van der Waals surface area contributed by atoms with E-state index in [4.69, 9.17) is 5.73 Å². The second kappa shape index (κ2) is 5.43. The third-order valence-corrected chi connectivity index (χ3v) is 4.34. The number of hydrogen-bond acceptors (Lipinski definition) is 3. The van der Waals surface area contributed by atoms with Crippen LogP contribution in [-0.4, -0.2) is 24.9 Å². The summed E-state index contributed by atoms with van der Waals surface area (Å²) in [6.45, 7) is 5.23. The molecule has 88 valence electrons. The zero-order valence-electron chi connectivity index (χ0n) is 9.45. The Labute approximate surface area is 110 Å². The Morgan fingerprint density at radius 3 is 3.12 bits per heavy atom. The lowest BCUT2D eigenvalue weighted by Gasteiger charge is -2.34. The molecule has 0 saturated heterocycles. The zero-order chi connectivity index (χ0) is 11.5. The van der Waals surface area contributed by atoms with Crippen molar-refractivity contribution in [3.05, 3.63) is 22.7 Å². The first-order valence-electron chi connectivity index (χ1n) is 5.62. The van der Waals surface area contributed by atoms with Crippen LogP contribution in [0.4, 0.5) is 5.69 Å². The number of benzene rings is 1. The van der Waals surface area contributed by atoms with Crippen LogP contribution in [0.3, 0.4) is 0 Å². The summed E-state index contributed by atoms with van der Waals surface area (Å²) in [5.41, 5.74) is 6.94. The van der Waals surface area contributed by atoms with Gasteiger partial charge in [-0.05, 0) is 31.2 Å². The normalized spacial score (nSPS) is 19.7. The van der Waals surface area contributed by atoms with Gasteiger partial charge in [0.2, 0.25) is 0 Å². The number of nitrogens with zero attached hydrogens (tertiary/aromatic N) is 1. The fraction of sp³-hybridized carbons (Fsp3) is 0.500. The molecule has 2 nitrogen and oxygen atoms in total. The maximum Gasteiger partial charge on any atom is 0.0516 e. The van der Waals surface area contributed by atoms with E-state index < -0.39 is 0 Å². The highest BCUT2D eigenvalue weighted by Gasteiger charge is 2.21. The van der Waals surface area contributed by atoms with Gasteiger partial charge in [-0.3, -0.25) is 0 Å². The highest BCUT2D eigenvalue weighted by atomic mass is 79.9. The molecular formula is C12H17BrN2S. The summed E-state index contributed by atoms with van der Waals surface area (Å²) in [7, 11) is 0. The molecule has 1 aromatic carbocycles. The average Bonchev–Trinajstić information content (AvgIpc) is 2.26. The number of thioether (sulfide) groups is 1. The zero-order valence-corrected chi connectivity index (χ0v) is 11.9. The number of anilines is 1. The number of fused-ring (bicyclic) bond motifs is 1. The molecular weight excluding hydrogens is 284 g/mol. The van der Waals surface area contributed by atoms with Crippen LogP contribution in [0.1, 0.15) is 13.3 Å². The molecule has 0 amide bonds. The average molecular weight is 301 g/mol. The Hall–Kier alpha value is -0.190. The molecule has 2 N–H and O–H groups in total. The molecule has 4 heteroatoms. The second-order valence-corrected chi connectivity index (χ2v) is 6.52. The summed E-state index contributed by atoms with van der Waals surface area (Å²) in [6, 6.07) is 6.53. The van der Waals surface area contributed by atoms with Gasteiger partial charge in [-0.25, -0.2) is 0 Å². The summed E-state index contributed by atoms with van der Waals surface area (Å²) >= 11 is 5.50. The van der Waals surface area contributed by atoms with Crippen LogP contribution < -0.4 is 10.6 Å². The molecule has 0 bridgehead atoms. The van der Waals surface area contributed by atoms with Crippen LogP contribution in [0, 0.1) is 0 Å². The van der Waals surface area contributed by atoms with Crippen molar-refractivity contribution in [2.24, 2.45) is 5.73 Å². The number of rotatable bonds is 3. The molecule has 1 aliphatic rings. The van der Waals surface area contributed by atoms with Crippen LogP contribution in [0.5, 0.6) is 0 Å². The van der Waals surface area contributed by atoms with E-state index >= 15 is 0 Å². The molecule has 1 aromatic rings. The van der Waals surface area contributed by atoms with Crippen molar-refractivity contribution in [2.75, 3.05) is 24.5 Å². The van der Waals surface area contributed by atoms with Crippen molar-refractivity contribution in [3.8, 4) is 0 Å². The minimum Gasteiger partial charge on any atom is -0.369 e. The van der Waals surface area contributed by atoms with Crippen molar-refractivity contribution >= 4 is 33.4 Å². The summed E-state index contributed by atoms with van der Waals surface area (Å²) in [5.74, 6) is 0. The Bertz CT molecular complexity index is 370. The minimum atomic E-state index is 0.659. The predicted octanol–water partition coefficient (Wildman–Crippen LogP) is 3.10. The summed E-state index contributed by atoms with van der Waals surface area (Å²) in [5, 5.41) is 0.659. The maximum atomic E-state index is 5.59. The standard InChI is InChI=1S/C12H17BrN2S/c1-9-8-15(6-2-5-14)11-7-10(13)3-4-12(11)16-9/h3-4,7,9H,2,5-6,8,14H2,1H3. The molecule has 1 unspecified atom stereocenters. The van der Waals surface area contributed by atoms with Gasteiger partial charge < -0.3 is 10.6 Å². The first-order valence-corrected chi connectivity index (χ1v) is 7.29. The molecule has 0 aliphatic carbocycles. The Kier molecular flexibility index (Phi) is 4.16. The van der Waals surface area contributed by atoms with E-state index in [1.54, 1.807) is 0 Å². The van der Waals surface area contributed by atoms with E-state index in [0.717, 1.165) is 30.5 Å². The Balaban J connectivity index is 2.24. The third-order valence-electron chi connectivity index (χ3n) is 2.70. The summed E-state index contributed by atoms with van der Waals surface area (Å²) < 4.78 is 1.15. The fourth-order valence-electron chi connectivity index (χ4n) is 1.99. The van der Waals surface area contributed by atoms with Crippen LogP contribution in [-0.2, 0) is 0 Å². The van der Waals surface area contributed by atoms with Crippen LogP contribution in [0.2, 0.25) is 0 Å². The molecule has 2 rings (SSSR count). The molecule has 1 aliphatic heterocycles. The van der Waals surface area contributed by atoms with Crippen molar-refractivity contribution < 1.29 is 0 Å². The fourth-order valence-corrected chi connectivity index (χ4v) is 3.49. The van der Waals surface area contributed by atoms with Crippen LogP contribution in [0.25, 0.3) is 0 Å². The predicted molar refractivity (Wildman–Crippen MR) is 75.3 cm³/mol. The van der Waals surface area contributed by atoms with Gasteiger partial charge in [0.1, 0.15) is 0 Å².